The number of methoxy groups -OCH3 is 1. The second kappa shape index (κ2) is 6.89. The van der Waals surface area contributed by atoms with Gasteiger partial charge in [0, 0.05) is 10.6 Å². The summed E-state index contributed by atoms with van der Waals surface area (Å²) in [6.07, 6.45) is 0. The van der Waals surface area contributed by atoms with Crippen molar-refractivity contribution in [2.45, 2.75) is 20.8 Å². The van der Waals surface area contributed by atoms with E-state index in [1.54, 1.807) is 0 Å². The first-order chi connectivity index (χ1) is 10.4. The molecule has 0 amide bonds. The van der Waals surface area contributed by atoms with Crippen molar-refractivity contribution in [2.24, 2.45) is 0 Å². The van der Waals surface area contributed by atoms with Gasteiger partial charge in [-0.1, -0.05) is 17.7 Å². The summed E-state index contributed by atoms with van der Waals surface area (Å²) in [6, 6.07) is 7.92. The third kappa shape index (κ3) is 3.64. The van der Waals surface area contributed by atoms with Crippen LogP contribution in [0.15, 0.2) is 24.3 Å². The van der Waals surface area contributed by atoms with Crippen molar-refractivity contribution < 1.29 is 9.53 Å². The monoisotopic (exact) mass is 334 g/mol. The van der Waals surface area contributed by atoms with E-state index in [0.29, 0.717) is 15.7 Å². The predicted molar refractivity (Wildman–Crippen MR) is 96.2 cm³/mol. The number of nitrogens with one attached hydrogen (secondary N) is 2. The van der Waals surface area contributed by atoms with Crippen LogP contribution in [0.25, 0.3) is 0 Å². The third-order valence-electron chi connectivity index (χ3n) is 3.31. The molecular weight excluding hydrogens is 316 g/mol. The number of anilines is 2. The molecule has 2 aromatic rings. The van der Waals surface area contributed by atoms with E-state index in [0.717, 1.165) is 16.1 Å². The average Bonchev–Trinajstić information content (AvgIpc) is 2.75. The van der Waals surface area contributed by atoms with Gasteiger partial charge in [0.05, 0.1) is 12.7 Å². The number of aryl methyl sites for hydroxylation is 2. The molecule has 0 radical (unpaired) electrons. The van der Waals surface area contributed by atoms with E-state index in [-0.39, 0.29) is 5.97 Å². The first-order valence-electron chi connectivity index (χ1n) is 6.75. The van der Waals surface area contributed by atoms with Crippen LogP contribution in [0.3, 0.4) is 0 Å². The molecule has 1 aromatic carbocycles. The third-order valence-corrected chi connectivity index (χ3v) is 4.64. The highest BCUT2D eigenvalue weighted by Gasteiger charge is 2.20. The first kappa shape index (κ1) is 16.5. The minimum atomic E-state index is -0.359. The zero-order chi connectivity index (χ0) is 16.3. The number of hydrogen-bond donors (Lipinski definition) is 2. The molecule has 22 heavy (non-hydrogen) atoms. The van der Waals surface area contributed by atoms with Crippen LogP contribution in [-0.4, -0.2) is 18.2 Å². The molecule has 0 saturated heterocycles. The molecule has 0 aliphatic heterocycles. The molecule has 0 saturated carbocycles. The van der Waals surface area contributed by atoms with Gasteiger partial charge in [-0.25, -0.2) is 4.79 Å². The number of ether oxygens (including phenoxy) is 1. The summed E-state index contributed by atoms with van der Waals surface area (Å²) >= 11 is 6.80. The van der Waals surface area contributed by atoms with Crippen molar-refractivity contribution in [1.29, 1.82) is 0 Å². The van der Waals surface area contributed by atoms with Crippen LogP contribution >= 0.6 is 23.6 Å². The highest BCUT2D eigenvalue weighted by Crippen LogP contribution is 2.33. The number of rotatable bonds is 3. The minimum Gasteiger partial charge on any atom is -0.465 e. The first-order valence-corrected chi connectivity index (χ1v) is 7.97. The van der Waals surface area contributed by atoms with Crippen molar-refractivity contribution in [3.8, 4) is 0 Å². The number of thiocarbonyl (C=S) groups is 1. The highest BCUT2D eigenvalue weighted by atomic mass is 32.1. The van der Waals surface area contributed by atoms with Crippen molar-refractivity contribution in [3.05, 3.63) is 45.8 Å². The van der Waals surface area contributed by atoms with E-state index in [9.17, 15) is 4.79 Å². The van der Waals surface area contributed by atoms with Gasteiger partial charge in [0.2, 0.25) is 0 Å². The Hall–Kier alpha value is -1.92. The molecule has 0 aliphatic carbocycles. The lowest BCUT2D eigenvalue weighted by atomic mass is 10.1. The second-order valence-corrected chi connectivity index (χ2v) is 6.56. The van der Waals surface area contributed by atoms with Crippen LogP contribution in [-0.2, 0) is 4.74 Å². The Balaban J connectivity index is 2.16. The molecule has 0 fully saturated rings. The van der Waals surface area contributed by atoms with E-state index in [4.69, 9.17) is 17.0 Å². The lowest BCUT2D eigenvalue weighted by Gasteiger charge is -2.11. The molecular formula is C16H18N2O2S2. The van der Waals surface area contributed by atoms with Crippen LogP contribution in [0.2, 0.25) is 0 Å². The molecule has 1 aromatic heterocycles. The van der Waals surface area contributed by atoms with E-state index in [2.05, 4.69) is 10.6 Å². The van der Waals surface area contributed by atoms with E-state index in [1.165, 1.54) is 24.0 Å². The largest absolute Gasteiger partial charge is 0.465 e. The molecule has 0 spiro atoms. The Kier molecular flexibility index (Phi) is 5.15. The summed E-state index contributed by atoms with van der Waals surface area (Å²) < 4.78 is 4.85. The SMILES string of the molecule is COC(=O)c1c(NC(=S)Nc2ccc(C)cc2)sc(C)c1C. The van der Waals surface area contributed by atoms with Crippen molar-refractivity contribution in [1.82, 2.24) is 0 Å². The number of esters is 1. The summed E-state index contributed by atoms with van der Waals surface area (Å²) in [7, 11) is 1.38. The van der Waals surface area contributed by atoms with Gasteiger partial charge in [0.15, 0.2) is 5.11 Å². The van der Waals surface area contributed by atoms with Crippen LogP contribution in [0.4, 0.5) is 10.7 Å². The maximum Gasteiger partial charge on any atom is 0.341 e. The van der Waals surface area contributed by atoms with Crippen LogP contribution in [0.5, 0.6) is 0 Å². The Bertz CT molecular complexity index is 706. The van der Waals surface area contributed by atoms with Gasteiger partial charge in [0.1, 0.15) is 5.00 Å². The Morgan fingerprint density at radius 2 is 1.77 bits per heavy atom. The number of thiophene rings is 1. The molecule has 0 bridgehead atoms. The minimum absolute atomic E-state index is 0.359. The molecule has 6 heteroatoms. The molecule has 4 nitrogen and oxygen atoms in total. The van der Waals surface area contributed by atoms with Gasteiger partial charge in [-0.05, 0) is 50.7 Å². The summed E-state index contributed by atoms with van der Waals surface area (Å²) in [4.78, 5) is 13.0. The fraction of sp³-hybridized carbons (Fsp3) is 0.250. The topological polar surface area (TPSA) is 50.4 Å². The Morgan fingerprint density at radius 1 is 1.14 bits per heavy atom. The number of hydrogen-bond acceptors (Lipinski definition) is 4. The van der Waals surface area contributed by atoms with Gasteiger partial charge in [0.25, 0.3) is 0 Å². The lowest BCUT2D eigenvalue weighted by molar-refractivity contribution is 0.0601. The lowest BCUT2D eigenvalue weighted by Crippen LogP contribution is -2.20. The zero-order valence-corrected chi connectivity index (χ0v) is 14.6. The summed E-state index contributed by atoms with van der Waals surface area (Å²) in [5.41, 5.74) is 3.53. The second-order valence-electron chi connectivity index (χ2n) is 4.92. The van der Waals surface area contributed by atoms with Gasteiger partial charge < -0.3 is 15.4 Å². The maximum absolute atomic E-state index is 11.9. The standard InChI is InChI=1S/C16H18N2O2S2/c1-9-5-7-12(8-6-9)17-16(21)18-14-13(15(19)20-4)10(2)11(3)22-14/h5-8H,1-4H3,(H2,17,18,21). The number of carbonyl (C=O) groups is 1. The average molecular weight is 334 g/mol. The van der Waals surface area contributed by atoms with Crippen molar-refractivity contribution >= 4 is 45.3 Å². The van der Waals surface area contributed by atoms with Crippen molar-refractivity contribution in [2.75, 3.05) is 17.7 Å². The molecule has 0 aliphatic rings. The maximum atomic E-state index is 11.9. The molecule has 0 atom stereocenters. The fourth-order valence-corrected chi connectivity index (χ4v) is 3.30. The molecule has 1 heterocycles. The number of benzene rings is 1. The predicted octanol–water partition coefficient (Wildman–Crippen LogP) is 4.27. The van der Waals surface area contributed by atoms with Crippen molar-refractivity contribution in [3.63, 3.8) is 0 Å². The fourth-order valence-electron chi connectivity index (χ4n) is 1.97. The van der Waals surface area contributed by atoms with Gasteiger partial charge in [-0.15, -0.1) is 11.3 Å². The Morgan fingerprint density at radius 3 is 2.36 bits per heavy atom. The van der Waals surface area contributed by atoms with E-state index in [1.807, 2.05) is 45.0 Å². The highest BCUT2D eigenvalue weighted by molar-refractivity contribution is 7.80. The quantitative estimate of drug-likeness (QED) is 0.648. The van der Waals surface area contributed by atoms with Crippen LogP contribution in [0, 0.1) is 20.8 Å². The Labute approximate surface area is 139 Å². The van der Waals surface area contributed by atoms with E-state index >= 15 is 0 Å². The van der Waals surface area contributed by atoms with Gasteiger partial charge in [-0.3, -0.25) is 0 Å². The summed E-state index contributed by atoms with van der Waals surface area (Å²) in [5, 5.41) is 7.33. The smallest absolute Gasteiger partial charge is 0.341 e. The summed E-state index contributed by atoms with van der Waals surface area (Å²) in [5.74, 6) is -0.359. The van der Waals surface area contributed by atoms with E-state index < -0.39 is 0 Å². The zero-order valence-electron chi connectivity index (χ0n) is 12.9. The molecule has 2 rings (SSSR count). The van der Waals surface area contributed by atoms with Gasteiger partial charge in [-0.2, -0.15) is 0 Å². The normalized spacial score (nSPS) is 10.2. The molecule has 116 valence electrons. The number of carbonyl (C=O) groups excluding carboxylic acids is 1. The molecule has 0 unspecified atom stereocenters. The van der Waals surface area contributed by atoms with Gasteiger partial charge >= 0.3 is 5.97 Å². The van der Waals surface area contributed by atoms with Crippen LogP contribution in [0.1, 0.15) is 26.4 Å². The summed E-state index contributed by atoms with van der Waals surface area (Å²) in [6.45, 7) is 5.90. The molecule has 2 N–H and O–H groups in total. The van der Waals surface area contributed by atoms with Crippen LogP contribution < -0.4 is 10.6 Å².